The molecule has 2 nitrogen and oxygen atoms in total. The Bertz CT molecular complexity index is 338. The third kappa shape index (κ3) is 2.12. The van der Waals surface area contributed by atoms with Gasteiger partial charge in [-0.05, 0) is 49.9 Å². The first-order valence-electron chi connectivity index (χ1n) is 6.44. The predicted octanol–water partition coefficient (Wildman–Crippen LogP) is 3.16. The Morgan fingerprint density at radius 2 is 2.25 bits per heavy atom. The van der Waals surface area contributed by atoms with Crippen molar-refractivity contribution in [2.75, 3.05) is 6.54 Å². The SMILES string of the molecule is CCC1(c2cnccc2C)CCCCCN1. The Balaban J connectivity index is 2.36. The van der Waals surface area contributed by atoms with Crippen molar-refractivity contribution in [3.8, 4) is 0 Å². The highest BCUT2D eigenvalue weighted by Gasteiger charge is 2.31. The van der Waals surface area contributed by atoms with Crippen molar-refractivity contribution in [1.82, 2.24) is 10.3 Å². The van der Waals surface area contributed by atoms with E-state index in [9.17, 15) is 0 Å². The molecule has 0 bridgehead atoms. The van der Waals surface area contributed by atoms with Crippen molar-refractivity contribution in [2.45, 2.75) is 51.5 Å². The van der Waals surface area contributed by atoms with Crippen LogP contribution in [0.1, 0.15) is 50.2 Å². The van der Waals surface area contributed by atoms with Gasteiger partial charge in [-0.1, -0.05) is 19.8 Å². The molecule has 88 valence electrons. The van der Waals surface area contributed by atoms with Crippen LogP contribution < -0.4 is 5.32 Å². The van der Waals surface area contributed by atoms with Gasteiger partial charge in [0.15, 0.2) is 0 Å². The van der Waals surface area contributed by atoms with Crippen molar-refractivity contribution in [2.24, 2.45) is 0 Å². The minimum absolute atomic E-state index is 0.175. The van der Waals surface area contributed by atoms with Crippen LogP contribution in [0.4, 0.5) is 0 Å². The quantitative estimate of drug-likeness (QED) is 0.824. The summed E-state index contributed by atoms with van der Waals surface area (Å²) in [6.45, 7) is 5.62. The van der Waals surface area contributed by atoms with Crippen LogP contribution in [0.5, 0.6) is 0 Å². The smallest absolute Gasteiger partial charge is 0.0449 e. The topological polar surface area (TPSA) is 24.9 Å². The van der Waals surface area contributed by atoms with Crippen LogP contribution in [0.2, 0.25) is 0 Å². The molecular weight excluding hydrogens is 196 g/mol. The second-order valence-electron chi connectivity index (χ2n) is 4.86. The Morgan fingerprint density at radius 3 is 3.00 bits per heavy atom. The molecule has 1 aliphatic rings. The zero-order valence-corrected chi connectivity index (χ0v) is 10.4. The molecule has 0 radical (unpaired) electrons. The molecule has 1 N–H and O–H groups in total. The average Bonchev–Trinajstić information content (AvgIpc) is 2.56. The number of hydrogen-bond donors (Lipinski definition) is 1. The monoisotopic (exact) mass is 218 g/mol. The lowest BCUT2D eigenvalue weighted by atomic mass is 9.82. The molecule has 1 fully saturated rings. The highest BCUT2D eigenvalue weighted by Crippen LogP contribution is 2.34. The fourth-order valence-corrected chi connectivity index (χ4v) is 2.83. The minimum Gasteiger partial charge on any atom is -0.307 e. The Hall–Kier alpha value is -0.890. The molecule has 0 saturated carbocycles. The predicted molar refractivity (Wildman–Crippen MR) is 67.4 cm³/mol. The Labute approximate surface area is 98.5 Å². The molecule has 0 spiro atoms. The summed E-state index contributed by atoms with van der Waals surface area (Å²) in [7, 11) is 0. The van der Waals surface area contributed by atoms with E-state index in [0.29, 0.717) is 0 Å². The van der Waals surface area contributed by atoms with Gasteiger partial charge in [-0.2, -0.15) is 0 Å². The van der Waals surface area contributed by atoms with Crippen LogP contribution in [-0.2, 0) is 5.54 Å². The van der Waals surface area contributed by atoms with Crippen LogP contribution in [0.25, 0.3) is 0 Å². The molecule has 16 heavy (non-hydrogen) atoms. The molecule has 1 aliphatic heterocycles. The second kappa shape index (κ2) is 4.96. The third-order valence-electron chi connectivity index (χ3n) is 3.90. The third-order valence-corrected chi connectivity index (χ3v) is 3.90. The molecule has 1 atom stereocenters. The maximum atomic E-state index is 4.30. The highest BCUT2D eigenvalue weighted by molar-refractivity contribution is 5.30. The summed E-state index contributed by atoms with van der Waals surface area (Å²) in [4.78, 5) is 4.30. The summed E-state index contributed by atoms with van der Waals surface area (Å²) < 4.78 is 0. The van der Waals surface area contributed by atoms with E-state index in [0.717, 1.165) is 13.0 Å². The van der Waals surface area contributed by atoms with E-state index in [4.69, 9.17) is 0 Å². The summed E-state index contributed by atoms with van der Waals surface area (Å²) in [5.74, 6) is 0. The van der Waals surface area contributed by atoms with Gasteiger partial charge in [0.1, 0.15) is 0 Å². The van der Waals surface area contributed by atoms with Gasteiger partial charge in [-0.25, -0.2) is 0 Å². The molecule has 1 aromatic heterocycles. The zero-order valence-electron chi connectivity index (χ0n) is 10.4. The summed E-state index contributed by atoms with van der Waals surface area (Å²) in [6, 6.07) is 2.12. The number of aryl methyl sites for hydroxylation is 1. The van der Waals surface area contributed by atoms with E-state index >= 15 is 0 Å². The fraction of sp³-hybridized carbons (Fsp3) is 0.643. The zero-order chi connectivity index (χ0) is 11.4. The van der Waals surface area contributed by atoms with Gasteiger partial charge in [0.2, 0.25) is 0 Å². The number of nitrogens with zero attached hydrogens (tertiary/aromatic N) is 1. The number of aromatic nitrogens is 1. The second-order valence-corrected chi connectivity index (χ2v) is 4.86. The standard InChI is InChI=1S/C14H22N2/c1-3-14(8-5-4-6-9-16-14)13-11-15-10-7-12(13)2/h7,10-11,16H,3-6,8-9H2,1-2H3. The van der Waals surface area contributed by atoms with Gasteiger partial charge in [0.05, 0.1) is 0 Å². The molecule has 0 aromatic carbocycles. The normalized spacial score (nSPS) is 26.4. The minimum atomic E-state index is 0.175. The van der Waals surface area contributed by atoms with E-state index in [-0.39, 0.29) is 5.54 Å². The van der Waals surface area contributed by atoms with Crippen molar-refractivity contribution < 1.29 is 0 Å². The first-order chi connectivity index (χ1) is 7.78. The lowest BCUT2D eigenvalue weighted by Crippen LogP contribution is -2.41. The van der Waals surface area contributed by atoms with Crippen LogP contribution >= 0.6 is 0 Å². The summed E-state index contributed by atoms with van der Waals surface area (Å²) in [5.41, 5.74) is 2.94. The molecule has 2 heterocycles. The number of nitrogens with one attached hydrogen (secondary N) is 1. The van der Waals surface area contributed by atoms with Crippen LogP contribution in [0, 0.1) is 6.92 Å². The Morgan fingerprint density at radius 1 is 1.38 bits per heavy atom. The lowest BCUT2D eigenvalue weighted by Gasteiger charge is -2.34. The molecule has 0 aliphatic carbocycles. The maximum absolute atomic E-state index is 4.30. The van der Waals surface area contributed by atoms with Gasteiger partial charge in [0.25, 0.3) is 0 Å². The van der Waals surface area contributed by atoms with Crippen LogP contribution in [0.15, 0.2) is 18.5 Å². The first kappa shape index (κ1) is 11.6. The molecule has 2 heteroatoms. The molecule has 2 rings (SSSR count). The largest absolute Gasteiger partial charge is 0.307 e. The van der Waals surface area contributed by atoms with Gasteiger partial charge >= 0.3 is 0 Å². The Kier molecular flexibility index (Phi) is 3.59. The summed E-state index contributed by atoms with van der Waals surface area (Å²) in [6.07, 6.45) is 10.3. The van der Waals surface area contributed by atoms with E-state index < -0.39 is 0 Å². The van der Waals surface area contributed by atoms with Gasteiger partial charge < -0.3 is 5.32 Å². The lowest BCUT2D eigenvalue weighted by molar-refractivity contribution is 0.310. The fourth-order valence-electron chi connectivity index (χ4n) is 2.83. The van der Waals surface area contributed by atoms with Crippen LogP contribution in [-0.4, -0.2) is 11.5 Å². The van der Waals surface area contributed by atoms with Gasteiger partial charge in [0, 0.05) is 17.9 Å². The van der Waals surface area contributed by atoms with Gasteiger partial charge in [-0.3, -0.25) is 4.98 Å². The molecule has 0 amide bonds. The molecular formula is C14H22N2. The van der Waals surface area contributed by atoms with E-state index in [1.54, 1.807) is 0 Å². The van der Waals surface area contributed by atoms with Gasteiger partial charge in [-0.15, -0.1) is 0 Å². The van der Waals surface area contributed by atoms with E-state index in [1.807, 2.05) is 6.20 Å². The van der Waals surface area contributed by atoms with E-state index in [2.05, 4.69) is 36.4 Å². The number of hydrogen-bond acceptors (Lipinski definition) is 2. The maximum Gasteiger partial charge on any atom is 0.0449 e. The van der Waals surface area contributed by atoms with Crippen molar-refractivity contribution in [3.05, 3.63) is 29.6 Å². The van der Waals surface area contributed by atoms with Crippen molar-refractivity contribution >= 4 is 0 Å². The van der Waals surface area contributed by atoms with E-state index in [1.165, 1.54) is 36.8 Å². The number of pyridine rings is 1. The van der Waals surface area contributed by atoms with Crippen molar-refractivity contribution in [1.29, 1.82) is 0 Å². The first-order valence-corrected chi connectivity index (χ1v) is 6.44. The number of rotatable bonds is 2. The summed E-state index contributed by atoms with van der Waals surface area (Å²) >= 11 is 0. The molecule has 1 aromatic rings. The average molecular weight is 218 g/mol. The molecule has 1 saturated heterocycles. The summed E-state index contributed by atoms with van der Waals surface area (Å²) in [5, 5.41) is 3.76. The van der Waals surface area contributed by atoms with Crippen molar-refractivity contribution in [3.63, 3.8) is 0 Å². The van der Waals surface area contributed by atoms with Crippen LogP contribution in [0.3, 0.4) is 0 Å². The highest BCUT2D eigenvalue weighted by atomic mass is 15.0. The molecule has 1 unspecified atom stereocenters.